The number of carbonyl (C=O) groups excluding carboxylic acids is 1. The van der Waals surface area contributed by atoms with E-state index in [1.807, 2.05) is 54.6 Å². The molecular weight excluding hydrogens is 348 g/mol. The molecule has 0 radical (unpaired) electrons. The molecule has 2 aromatic rings. The summed E-state index contributed by atoms with van der Waals surface area (Å²) in [5.74, 6) is 0.598. The number of ether oxygens (including phenoxy) is 2. The number of para-hydroxylation sites is 1. The fraction of sp³-hybridized carbons (Fsp3) is 0.480. The van der Waals surface area contributed by atoms with Gasteiger partial charge in [-0.3, -0.25) is 0 Å². The lowest BCUT2D eigenvalue weighted by Gasteiger charge is -2.18. The average molecular weight is 383 g/mol. The van der Waals surface area contributed by atoms with E-state index >= 15 is 0 Å². The van der Waals surface area contributed by atoms with Crippen LogP contribution >= 0.6 is 0 Å². The van der Waals surface area contributed by atoms with Crippen LogP contribution in [0.15, 0.2) is 54.6 Å². The van der Waals surface area contributed by atoms with Crippen molar-refractivity contribution in [1.29, 1.82) is 0 Å². The second-order valence-corrected chi connectivity index (χ2v) is 7.28. The maximum absolute atomic E-state index is 12.5. The van der Waals surface area contributed by atoms with Crippen LogP contribution < -0.4 is 4.74 Å². The first kappa shape index (κ1) is 22.0. The highest BCUT2D eigenvalue weighted by atomic mass is 16.7. The van der Waals surface area contributed by atoms with Gasteiger partial charge in [0, 0.05) is 0 Å². The summed E-state index contributed by atoms with van der Waals surface area (Å²) in [5.41, 5.74) is 2.06. The monoisotopic (exact) mass is 382 g/mol. The zero-order valence-electron chi connectivity index (χ0n) is 17.4. The van der Waals surface area contributed by atoms with Crippen molar-refractivity contribution in [3.8, 4) is 5.75 Å². The summed E-state index contributed by atoms with van der Waals surface area (Å²) < 4.78 is 11.3. The Hall–Kier alpha value is -2.29. The molecule has 1 atom stereocenters. The van der Waals surface area contributed by atoms with Crippen molar-refractivity contribution >= 4 is 6.16 Å². The van der Waals surface area contributed by atoms with Crippen molar-refractivity contribution in [3.63, 3.8) is 0 Å². The summed E-state index contributed by atoms with van der Waals surface area (Å²) in [7, 11) is 0. The molecule has 1 unspecified atom stereocenters. The molecule has 0 saturated carbocycles. The van der Waals surface area contributed by atoms with Crippen LogP contribution in [0.5, 0.6) is 5.75 Å². The molecular formula is C25H34O3. The first-order chi connectivity index (χ1) is 13.7. The van der Waals surface area contributed by atoms with Gasteiger partial charge >= 0.3 is 6.16 Å². The molecule has 2 aromatic carbocycles. The minimum absolute atomic E-state index is 0.266. The summed E-state index contributed by atoms with van der Waals surface area (Å²) in [4.78, 5) is 12.5. The second kappa shape index (κ2) is 13.0. The standard InChI is InChI=1S/C25H34O3/c1-3-5-6-7-8-12-19-24(22-16-10-9-11-17-22)28-25(26)27-23-20-14-13-18-21(23)15-4-2/h9-11,13-14,16-18,20,24H,3-8,12,15,19H2,1-2H3. The van der Waals surface area contributed by atoms with Crippen LogP contribution in [0.2, 0.25) is 0 Å². The zero-order valence-corrected chi connectivity index (χ0v) is 17.4. The van der Waals surface area contributed by atoms with Gasteiger partial charge in [0.1, 0.15) is 11.9 Å². The highest BCUT2D eigenvalue weighted by molar-refractivity contribution is 5.65. The Morgan fingerprint density at radius 1 is 0.821 bits per heavy atom. The van der Waals surface area contributed by atoms with Gasteiger partial charge in [0.25, 0.3) is 0 Å². The number of unbranched alkanes of at least 4 members (excludes halogenated alkanes) is 5. The lowest BCUT2D eigenvalue weighted by atomic mass is 10.0. The highest BCUT2D eigenvalue weighted by Gasteiger charge is 2.19. The van der Waals surface area contributed by atoms with Crippen LogP contribution in [-0.2, 0) is 11.2 Å². The SMILES string of the molecule is CCCCCCCCC(OC(=O)Oc1ccccc1CCC)c1ccccc1. The first-order valence-corrected chi connectivity index (χ1v) is 10.8. The topological polar surface area (TPSA) is 35.5 Å². The van der Waals surface area contributed by atoms with Crippen molar-refractivity contribution in [1.82, 2.24) is 0 Å². The smallest absolute Gasteiger partial charge is 0.426 e. The van der Waals surface area contributed by atoms with Crippen molar-refractivity contribution in [2.45, 2.75) is 77.7 Å². The van der Waals surface area contributed by atoms with E-state index in [9.17, 15) is 4.79 Å². The summed E-state index contributed by atoms with van der Waals surface area (Å²) in [5, 5.41) is 0. The van der Waals surface area contributed by atoms with E-state index in [0.29, 0.717) is 5.75 Å². The van der Waals surface area contributed by atoms with E-state index in [-0.39, 0.29) is 6.10 Å². The van der Waals surface area contributed by atoms with E-state index in [0.717, 1.165) is 36.8 Å². The van der Waals surface area contributed by atoms with Crippen LogP contribution in [0.25, 0.3) is 0 Å². The number of benzene rings is 2. The van der Waals surface area contributed by atoms with Gasteiger partial charge < -0.3 is 9.47 Å². The Morgan fingerprint density at radius 2 is 1.50 bits per heavy atom. The summed E-state index contributed by atoms with van der Waals surface area (Å²) in [6.45, 7) is 4.34. The quantitative estimate of drug-likeness (QED) is 0.215. The largest absolute Gasteiger partial charge is 0.514 e. The molecule has 0 aliphatic rings. The minimum Gasteiger partial charge on any atom is -0.426 e. The number of aryl methyl sites for hydroxylation is 1. The Kier molecular flexibility index (Phi) is 10.2. The maximum atomic E-state index is 12.5. The van der Waals surface area contributed by atoms with Gasteiger partial charge in [0.2, 0.25) is 0 Å². The molecule has 152 valence electrons. The minimum atomic E-state index is -0.622. The van der Waals surface area contributed by atoms with E-state index < -0.39 is 6.16 Å². The molecule has 0 amide bonds. The Morgan fingerprint density at radius 3 is 2.25 bits per heavy atom. The average Bonchev–Trinajstić information content (AvgIpc) is 2.72. The zero-order chi connectivity index (χ0) is 20.0. The highest BCUT2D eigenvalue weighted by Crippen LogP contribution is 2.26. The van der Waals surface area contributed by atoms with Crippen molar-refractivity contribution in [2.24, 2.45) is 0 Å². The van der Waals surface area contributed by atoms with Crippen molar-refractivity contribution < 1.29 is 14.3 Å². The third-order valence-corrected chi connectivity index (χ3v) is 4.91. The van der Waals surface area contributed by atoms with Gasteiger partial charge in [-0.2, -0.15) is 0 Å². The Bertz CT molecular complexity index is 681. The van der Waals surface area contributed by atoms with Gasteiger partial charge in [0.15, 0.2) is 0 Å². The summed E-state index contributed by atoms with van der Waals surface area (Å²) in [6, 6.07) is 17.6. The lowest BCUT2D eigenvalue weighted by molar-refractivity contribution is 0.0525. The van der Waals surface area contributed by atoms with Crippen LogP contribution in [0, 0.1) is 0 Å². The third kappa shape index (κ3) is 7.75. The first-order valence-electron chi connectivity index (χ1n) is 10.8. The maximum Gasteiger partial charge on any atom is 0.514 e. The van der Waals surface area contributed by atoms with Gasteiger partial charge in [-0.1, -0.05) is 101 Å². The molecule has 0 fully saturated rings. The van der Waals surface area contributed by atoms with E-state index in [1.165, 1.54) is 32.1 Å². The summed E-state index contributed by atoms with van der Waals surface area (Å²) >= 11 is 0. The number of carbonyl (C=O) groups is 1. The molecule has 2 rings (SSSR count). The third-order valence-electron chi connectivity index (χ3n) is 4.91. The molecule has 0 bridgehead atoms. The molecule has 0 saturated heterocycles. The number of hydrogen-bond donors (Lipinski definition) is 0. The summed E-state index contributed by atoms with van der Waals surface area (Å²) in [6.07, 6.45) is 9.09. The Labute approximate surface area is 170 Å². The molecule has 0 N–H and O–H groups in total. The molecule has 0 heterocycles. The van der Waals surface area contributed by atoms with E-state index in [2.05, 4.69) is 13.8 Å². The predicted molar refractivity (Wildman–Crippen MR) is 115 cm³/mol. The fourth-order valence-corrected chi connectivity index (χ4v) is 3.38. The predicted octanol–water partition coefficient (Wildman–Crippen LogP) is 7.65. The number of hydrogen-bond acceptors (Lipinski definition) is 3. The van der Waals surface area contributed by atoms with Gasteiger partial charge in [-0.05, 0) is 36.5 Å². The normalized spacial score (nSPS) is 11.8. The van der Waals surface area contributed by atoms with Gasteiger partial charge in [-0.25, -0.2) is 4.79 Å². The van der Waals surface area contributed by atoms with E-state index in [4.69, 9.17) is 9.47 Å². The molecule has 0 aliphatic heterocycles. The van der Waals surface area contributed by atoms with Crippen LogP contribution in [-0.4, -0.2) is 6.16 Å². The fourth-order valence-electron chi connectivity index (χ4n) is 3.38. The molecule has 3 nitrogen and oxygen atoms in total. The van der Waals surface area contributed by atoms with Gasteiger partial charge in [0.05, 0.1) is 0 Å². The number of rotatable bonds is 12. The molecule has 28 heavy (non-hydrogen) atoms. The van der Waals surface area contributed by atoms with Crippen LogP contribution in [0.4, 0.5) is 4.79 Å². The Balaban J connectivity index is 1.94. The van der Waals surface area contributed by atoms with Crippen molar-refractivity contribution in [3.05, 3.63) is 65.7 Å². The van der Waals surface area contributed by atoms with Crippen LogP contribution in [0.1, 0.15) is 82.4 Å². The second-order valence-electron chi connectivity index (χ2n) is 7.28. The van der Waals surface area contributed by atoms with Crippen molar-refractivity contribution in [2.75, 3.05) is 0 Å². The lowest BCUT2D eigenvalue weighted by Crippen LogP contribution is -2.16. The van der Waals surface area contributed by atoms with Crippen LogP contribution in [0.3, 0.4) is 0 Å². The molecule has 3 heteroatoms. The molecule has 0 aliphatic carbocycles. The van der Waals surface area contributed by atoms with Gasteiger partial charge in [-0.15, -0.1) is 0 Å². The molecule has 0 spiro atoms. The van der Waals surface area contributed by atoms with E-state index in [1.54, 1.807) is 0 Å². The molecule has 0 aromatic heterocycles.